The molecule has 133 heavy (non-hydrogen) atoms. The smallest absolute Gasteiger partial charge is 0.305 e. The fraction of sp³-hybridized carbons (Fsp3) is 0.522. The molecule has 0 unspecified atom stereocenters. The first-order valence-corrected chi connectivity index (χ1v) is 45.9. The van der Waals surface area contributed by atoms with E-state index in [1.165, 1.54) is 79.6 Å². The number of thioether (sulfide) groups is 1. The fourth-order valence-corrected chi connectivity index (χ4v) is 17.5. The van der Waals surface area contributed by atoms with Crippen LogP contribution in [-0.2, 0) is 107 Å². The number of unbranched alkanes of at least 4 members (excludes halogenated alkanes) is 2. The number of aliphatic carboxylic acids is 2. The van der Waals surface area contributed by atoms with Crippen LogP contribution in [0.1, 0.15) is 146 Å². The topological polar surface area (TPSA) is 626 Å². The van der Waals surface area contributed by atoms with Gasteiger partial charge in [-0.05, 0) is 126 Å². The number of nitrogens with one attached hydrogen (secondary N) is 12. The van der Waals surface area contributed by atoms with Crippen LogP contribution in [0, 0.1) is 0 Å². The summed E-state index contributed by atoms with van der Waals surface area (Å²) in [4.78, 5) is 271. The lowest BCUT2D eigenvalue weighted by atomic mass is 9.99. The van der Waals surface area contributed by atoms with Crippen LogP contribution in [0.2, 0.25) is 0 Å². The summed E-state index contributed by atoms with van der Waals surface area (Å²) in [6.45, 7) is 5.34. The molecule has 2 fully saturated rings. The van der Waals surface area contributed by atoms with Crippen molar-refractivity contribution in [3.8, 4) is 5.75 Å². The van der Waals surface area contributed by atoms with Crippen LogP contribution < -0.4 is 65.1 Å². The number of phenols is 1. The maximum atomic E-state index is 15.8. The molecular weight excluding hydrogens is 1740 g/mol. The molecule has 2 saturated heterocycles. The molecule has 0 radical (unpaired) electrons. The van der Waals surface area contributed by atoms with E-state index in [2.05, 4.69) is 67.8 Å². The predicted molar refractivity (Wildman–Crippen MR) is 490 cm³/mol. The Balaban J connectivity index is 1.10. The Morgan fingerprint density at radius 1 is 0.526 bits per heavy atom. The molecule has 9 rings (SSSR count). The molecule has 15 amide bonds. The molecule has 720 valence electrons. The molecule has 6 heterocycles. The average Bonchev–Trinajstić information content (AvgIpc) is 1.77. The maximum absolute atomic E-state index is 15.8. The summed E-state index contributed by atoms with van der Waals surface area (Å²) < 4.78 is 0. The van der Waals surface area contributed by atoms with Gasteiger partial charge >= 0.3 is 11.9 Å². The van der Waals surface area contributed by atoms with Crippen LogP contribution in [0.25, 0.3) is 21.8 Å². The van der Waals surface area contributed by atoms with E-state index in [4.69, 9.17) is 22.2 Å². The normalized spacial score (nSPS) is 24.4. The number of carboxylic acids is 2. The number of carbonyl (C=O) groups excluding carboxylic acids is 15. The quantitative estimate of drug-likeness (QED) is 0.0319. The Kier molecular flexibility index (Phi) is 38.7. The molecule has 6 aromatic rings. The van der Waals surface area contributed by atoms with Gasteiger partial charge in [-0.1, -0.05) is 88.1 Å². The molecule has 43 heteroatoms. The van der Waals surface area contributed by atoms with Gasteiger partial charge in [-0.2, -0.15) is 0 Å². The third-order valence-corrected chi connectivity index (χ3v) is 25.2. The van der Waals surface area contributed by atoms with Crippen molar-refractivity contribution in [3.63, 3.8) is 0 Å². The number of aromatic amines is 3. The van der Waals surface area contributed by atoms with Crippen LogP contribution in [-0.4, -0.2) is 316 Å². The highest BCUT2D eigenvalue weighted by molar-refractivity contribution is 8.00. The maximum Gasteiger partial charge on any atom is 0.305 e. The first-order valence-electron chi connectivity index (χ1n) is 44.7. The van der Waals surface area contributed by atoms with Gasteiger partial charge in [0.1, 0.15) is 84.3 Å². The minimum Gasteiger partial charge on any atom is -0.508 e. The lowest BCUT2D eigenvalue weighted by Gasteiger charge is -2.36. The van der Waals surface area contributed by atoms with E-state index >= 15 is 33.6 Å². The third kappa shape index (κ3) is 28.6. The second-order valence-electron chi connectivity index (χ2n) is 33.7. The number of fused-ring (bicyclic) bond motifs is 4. The molecule has 3 aliphatic rings. The third-order valence-electron chi connectivity index (χ3n) is 24.1. The van der Waals surface area contributed by atoms with E-state index in [1.54, 1.807) is 37.5 Å². The van der Waals surface area contributed by atoms with E-state index in [1.807, 2.05) is 44.2 Å². The number of amides is 15. The van der Waals surface area contributed by atoms with Gasteiger partial charge in [0.2, 0.25) is 88.6 Å². The van der Waals surface area contributed by atoms with Crippen molar-refractivity contribution in [2.45, 2.75) is 234 Å². The molecule has 0 saturated carbocycles. The zero-order chi connectivity index (χ0) is 96.9. The summed E-state index contributed by atoms with van der Waals surface area (Å²) in [7, 11) is 3.97. The summed E-state index contributed by atoms with van der Waals surface area (Å²) in [6, 6.07) is -0.552. The number of rotatable bonds is 26. The summed E-state index contributed by atoms with van der Waals surface area (Å²) in [5.74, 6) is -17.5. The van der Waals surface area contributed by atoms with Gasteiger partial charge in [0.25, 0.3) is 0 Å². The Morgan fingerprint density at radius 3 is 1.65 bits per heavy atom. The van der Waals surface area contributed by atoms with E-state index in [0.29, 0.717) is 70.9 Å². The van der Waals surface area contributed by atoms with Gasteiger partial charge in [-0.25, -0.2) is 4.98 Å². The number of carbonyl (C=O) groups is 17. The Morgan fingerprint density at radius 2 is 1.05 bits per heavy atom. The number of imidazole rings is 1. The van der Waals surface area contributed by atoms with Crippen molar-refractivity contribution < 1.29 is 96.8 Å². The van der Waals surface area contributed by atoms with Crippen LogP contribution in [0.15, 0.2) is 103 Å². The Labute approximate surface area is 772 Å². The van der Waals surface area contributed by atoms with Crippen LogP contribution >= 0.6 is 11.8 Å². The van der Waals surface area contributed by atoms with Gasteiger partial charge in [0.05, 0.1) is 31.1 Å². The Hall–Kier alpha value is -13.3. The second-order valence-corrected chi connectivity index (χ2v) is 34.7. The first kappa shape index (κ1) is 103. The number of nitrogens with two attached hydrogens (primary N) is 3. The lowest BCUT2D eigenvalue weighted by molar-refractivity contribution is -0.149. The van der Waals surface area contributed by atoms with Gasteiger partial charge in [-0.3, -0.25) is 86.5 Å². The molecule has 0 bridgehead atoms. The SMILES string of the molecule is CCCC[C@H]1C(=O)N(C)[C@@H](CCCC)C(=O)N[C@@H](CCN)C(=O)N[C@H](C(=O)NCC(N)=O)CSCC(=O)N[C@@H](Cc2ccc(O)cc2)C(=O)N(C)[C@@H](C)C(=O)N[C@@H](CC(=O)O)C(=O)N2CCC[C@H]2C(=O)N[C@@H](Cc2cnc[nH]2)C(=O)N[C@@H](CCC(=O)O)C(=O)N2CCC[C@H]2C(C)=N[C@@H](Cc2c[nH]c3ccccc23)C(=O)N[C@@H](CCN)C(=O)N[C@@H](Cc2c[nH]c3ccccc23)C(=O)N1C. The number of phenolic OH excluding ortho intramolecular Hbond substituents is 1. The highest BCUT2D eigenvalue weighted by atomic mass is 32.2. The molecule has 42 nitrogen and oxygen atoms in total. The summed E-state index contributed by atoms with van der Waals surface area (Å²) in [5, 5.41) is 55.9. The van der Waals surface area contributed by atoms with Crippen LogP contribution in [0.5, 0.6) is 5.75 Å². The number of primary amides is 1. The molecule has 21 N–H and O–H groups in total. The lowest BCUT2D eigenvalue weighted by Crippen LogP contribution is -2.60. The highest BCUT2D eigenvalue weighted by Crippen LogP contribution is 2.29. The highest BCUT2D eigenvalue weighted by Gasteiger charge is 2.45. The summed E-state index contributed by atoms with van der Waals surface area (Å²) in [5.41, 5.74) is 21.3. The summed E-state index contributed by atoms with van der Waals surface area (Å²) in [6.07, 6.45) is 5.08. The van der Waals surface area contributed by atoms with Crippen molar-refractivity contribution in [1.29, 1.82) is 0 Å². The van der Waals surface area contributed by atoms with E-state index in [0.717, 1.165) is 26.9 Å². The number of para-hydroxylation sites is 2. The number of aromatic nitrogens is 4. The average molecular weight is 1870 g/mol. The van der Waals surface area contributed by atoms with Crippen molar-refractivity contribution in [3.05, 3.63) is 120 Å². The second kappa shape index (κ2) is 49.8. The molecule has 0 aliphatic carbocycles. The number of likely N-dealkylation sites (N-methyl/N-ethyl adjacent to an activating group) is 3. The van der Waals surface area contributed by atoms with Gasteiger partial charge in [-0.15, -0.1) is 11.8 Å². The number of aromatic hydroxyl groups is 1. The molecule has 0 spiro atoms. The van der Waals surface area contributed by atoms with E-state index in [9.17, 15) is 63.3 Å². The van der Waals surface area contributed by atoms with Gasteiger partial charge in [0.15, 0.2) is 0 Å². The number of hydrogen-bond acceptors (Lipinski definition) is 23. The van der Waals surface area contributed by atoms with E-state index in [-0.39, 0.29) is 108 Å². The number of nitrogens with zero attached hydrogens (tertiary/aromatic N) is 7. The zero-order valence-corrected chi connectivity index (χ0v) is 76.6. The summed E-state index contributed by atoms with van der Waals surface area (Å²) >= 11 is 0.766. The fourth-order valence-electron chi connectivity index (χ4n) is 16.7. The van der Waals surface area contributed by atoms with Crippen molar-refractivity contribution >= 4 is 140 Å². The van der Waals surface area contributed by atoms with Gasteiger partial charge in [0, 0.05) is 124 Å². The van der Waals surface area contributed by atoms with Crippen molar-refractivity contribution in [1.82, 2.24) is 92.3 Å². The molecule has 3 aromatic heterocycles. The van der Waals surface area contributed by atoms with Crippen LogP contribution in [0.3, 0.4) is 0 Å². The Bertz CT molecular complexity index is 5160. The standard InChI is InChI=1S/C90H124N22O20S/c1-8-10-22-71-84(126)102-62(33-35-92)81(123)107-69(79(121)97-46-74(93)114)47-133-48-75(115)100-66(38-52-26-28-56(113)29-27-52)86(128)108(5)51(4)78(120)105-68(42-77(118)119)89(131)112-37-17-25-72(112)85(127)104-65(41-55-45-94-49-98-55)83(125)103-63(30-31-76(116)117)88(130)111-36-16-24-70(111)50(3)99-64(39-53-43-95-59-20-14-12-18-57(53)59)82(124)101-61(32-34-91)80(122)106-67(40-54-44-96-60-21-15-13-19-58(54)60)87(129)110(7)73(23-11-9-2)90(132)109(71)6/h12-15,18-21,26-29,43-45,49,51,61-73,95-96,113H,8-11,16-17,22-25,30-42,46-48,91-92H2,1-7H3,(H2,93,114)(H,94,98)(H,97,121)(H,100,115)(H,101,124)(H,102,126)(H,103,125)(H,104,127)(H,105,120)(H,106,122)(H,107,123)(H,116,117)(H,118,119)/t51-,61-,62-,63-,64-,65-,66-,67-,68-,69-,70-,71-,72-,73-/m0/s1. The molecular formula is C90H124N22O20S. The van der Waals surface area contributed by atoms with E-state index < -0.39 is 222 Å². The number of aliphatic imine (C=N–C) groups is 1. The van der Waals surface area contributed by atoms with Crippen molar-refractivity contribution in [2.24, 2.45) is 22.2 Å². The monoisotopic (exact) mass is 1860 g/mol. The first-order chi connectivity index (χ1) is 63.5. The molecule has 3 aromatic carbocycles. The predicted octanol–water partition coefficient (Wildman–Crippen LogP) is -0.695. The minimum absolute atomic E-state index is 0.0222. The largest absolute Gasteiger partial charge is 0.508 e. The number of benzene rings is 3. The number of H-pyrrole nitrogens is 3. The number of carboxylic acid groups (broad SMARTS) is 2. The number of hydrogen-bond donors (Lipinski definition) is 18. The zero-order valence-electron chi connectivity index (χ0n) is 75.8. The minimum atomic E-state index is -1.90. The molecule has 14 atom stereocenters. The molecule has 3 aliphatic heterocycles. The van der Waals surface area contributed by atoms with Gasteiger partial charge < -0.3 is 120 Å². The van der Waals surface area contributed by atoms with Crippen LogP contribution in [0.4, 0.5) is 0 Å². The van der Waals surface area contributed by atoms with Crippen molar-refractivity contribution in [2.75, 3.05) is 65.4 Å².